The number of benzene rings is 1. The van der Waals surface area contributed by atoms with Crippen molar-refractivity contribution in [2.24, 2.45) is 0 Å². The Bertz CT molecular complexity index is 1140. The highest BCUT2D eigenvalue weighted by molar-refractivity contribution is 8.26. The summed E-state index contributed by atoms with van der Waals surface area (Å²) < 4.78 is 0. The van der Waals surface area contributed by atoms with Crippen LogP contribution in [0.5, 0.6) is 0 Å². The van der Waals surface area contributed by atoms with Gasteiger partial charge in [-0.3, -0.25) is 14.9 Å². The lowest BCUT2D eigenvalue weighted by molar-refractivity contribution is -0.384. The smallest absolute Gasteiger partial charge is 0.480 e. The summed E-state index contributed by atoms with van der Waals surface area (Å²) in [4.78, 5) is 21.0. The summed E-state index contributed by atoms with van der Waals surface area (Å²) in [6, 6.07) is 3.23. The van der Waals surface area contributed by atoms with Crippen LogP contribution < -0.4 is 16.1 Å². The van der Waals surface area contributed by atoms with E-state index in [2.05, 4.69) is 10.6 Å². The van der Waals surface area contributed by atoms with E-state index in [9.17, 15) is 14.9 Å². The van der Waals surface area contributed by atoms with Crippen molar-refractivity contribution in [3.05, 3.63) is 28.3 Å². The molecule has 1 unspecified atom stereocenters. The quantitative estimate of drug-likeness (QED) is 0.0344. The molecule has 0 aliphatic carbocycles. The molecule has 52 heavy (non-hydrogen) atoms. The Kier molecular flexibility index (Phi) is 25.7. The van der Waals surface area contributed by atoms with Gasteiger partial charge in [-0.1, -0.05) is 0 Å². The van der Waals surface area contributed by atoms with Crippen molar-refractivity contribution in [3.63, 3.8) is 0 Å². The second kappa shape index (κ2) is 25.8. The van der Waals surface area contributed by atoms with E-state index in [0.717, 1.165) is 6.07 Å². The maximum absolute atomic E-state index is 10.8. The van der Waals surface area contributed by atoms with Gasteiger partial charge in [0.25, 0.3) is 5.69 Å². The van der Waals surface area contributed by atoms with Gasteiger partial charge < -0.3 is 25.8 Å². The van der Waals surface area contributed by atoms with Gasteiger partial charge in [-0.05, 0) is 37.8 Å². The Morgan fingerprint density at radius 3 is 1.52 bits per heavy atom. The second-order valence-electron chi connectivity index (χ2n) is 12.7. The molecule has 0 fully saturated rings. The molecule has 1 rings (SSSR count). The van der Waals surface area contributed by atoms with Crippen LogP contribution in [-0.2, 0) is 4.79 Å². The van der Waals surface area contributed by atoms with Crippen molar-refractivity contribution >= 4 is 236 Å². The number of carboxylic acid groups (broad SMARTS) is 1. The maximum Gasteiger partial charge on any atom is 0.488 e. The van der Waals surface area contributed by atoms with Gasteiger partial charge in [-0.2, -0.15) is 0 Å². The normalized spacial score (nSPS) is 10.4. The average Bonchev–Trinajstić information content (AvgIpc) is 3.00. The molecule has 0 aliphatic rings. The summed E-state index contributed by atoms with van der Waals surface area (Å²) in [5.74, 6) is -0.902. The fourth-order valence-corrected chi connectivity index (χ4v) is 6.45. The van der Waals surface area contributed by atoms with Crippen LogP contribution in [0.1, 0.15) is 19.3 Å². The topological polar surface area (TPSA) is 145 Å². The van der Waals surface area contributed by atoms with Crippen LogP contribution in [-0.4, -0.2) is 259 Å². The van der Waals surface area contributed by atoms with Gasteiger partial charge in [0.2, 0.25) is 0 Å². The second-order valence-corrected chi connectivity index (χ2v) is 12.7. The first-order chi connectivity index (χ1) is 24.0. The number of nitro benzene ring substituents is 1. The van der Waals surface area contributed by atoms with E-state index in [4.69, 9.17) is 131 Å². The van der Waals surface area contributed by atoms with E-state index in [1.165, 1.54) is 19.2 Å². The van der Waals surface area contributed by atoms with Gasteiger partial charge in [-0.25, -0.2) is 0 Å². The summed E-state index contributed by atoms with van der Waals surface area (Å²) in [6.45, 7) is 0.484. The van der Waals surface area contributed by atoms with Gasteiger partial charge in [0.15, 0.2) is 0 Å². The van der Waals surface area contributed by atoms with Crippen molar-refractivity contribution in [1.29, 1.82) is 0 Å². The summed E-state index contributed by atoms with van der Waals surface area (Å²) >= 11 is 0. The Morgan fingerprint density at radius 2 is 1.19 bits per heavy atom. The van der Waals surface area contributed by atoms with Crippen LogP contribution >= 0.6 is 0 Å². The number of nitrogens with one attached hydrogen (secondary N) is 2. The fourth-order valence-electron chi connectivity index (χ4n) is 6.45. The van der Waals surface area contributed by atoms with Crippen molar-refractivity contribution in [2.45, 2.75) is 25.3 Å². The maximum atomic E-state index is 10.8. The molecule has 1 aromatic carbocycles. The first kappa shape index (κ1) is 51.7. The number of rotatable bonds is 23. The minimum Gasteiger partial charge on any atom is -0.480 e. The number of aliphatic carboxylic acids is 1. The van der Waals surface area contributed by atoms with E-state index < -0.39 is 107 Å². The number of hydrogen-bond donors (Lipinski definition) is 5. The SMILES string of the molecule is CNC(CCCCNc1cc(B(O)O)cc([N+](=O)[O-])c1)C(=O)O.[B][B]B(B([B])[B])B(B(B([B])[B])B([B])[B])B(B(B([B])[B])B([B])[B])B(B([B])[B])B([B])[B]. The summed E-state index contributed by atoms with van der Waals surface area (Å²) in [5, 5.41) is 43.7. The molecule has 0 aliphatic heterocycles. The first-order valence-corrected chi connectivity index (χ1v) is 16.5. The molecule has 213 valence electrons. The van der Waals surface area contributed by atoms with Crippen molar-refractivity contribution < 1.29 is 24.9 Å². The summed E-state index contributed by atoms with van der Waals surface area (Å²) in [6.07, 6.45) is -10.1. The number of carboxylic acids is 1. The Labute approximate surface area is 337 Å². The molecule has 0 saturated carbocycles. The lowest BCUT2D eigenvalue weighted by Gasteiger charge is -2.49. The summed E-state index contributed by atoms with van der Waals surface area (Å²) in [5.41, 5.74) is 0.202. The van der Waals surface area contributed by atoms with Crippen LogP contribution in [0.4, 0.5) is 11.4 Å². The zero-order valence-electron chi connectivity index (χ0n) is 29.5. The predicted octanol–water partition coefficient (Wildman–Crippen LogP) is -11.5. The molecule has 0 aromatic heterocycles. The van der Waals surface area contributed by atoms with Crippen LogP contribution in [0.15, 0.2) is 18.2 Å². The van der Waals surface area contributed by atoms with E-state index in [1.807, 2.05) is 0 Å². The van der Waals surface area contributed by atoms with Gasteiger partial charge >= 0.3 is 13.1 Å². The third-order valence-corrected chi connectivity index (χ3v) is 8.90. The van der Waals surface area contributed by atoms with E-state index in [0.29, 0.717) is 31.5 Å². The molecular weight excluding hydrogens is 619 g/mol. The highest BCUT2D eigenvalue weighted by atomic mass is 16.6. The highest BCUT2D eigenvalue weighted by Crippen LogP contribution is 2.17. The number of carbonyl (C=O) groups is 1. The number of hydrogen-bond acceptors (Lipinski definition) is 7. The molecule has 0 bridgehead atoms. The third kappa shape index (κ3) is 16.8. The monoisotopic (exact) mass is 644 g/mol. The molecule has 5 N–H and O–H groups in total. The predicted molar refractivity (Wildman–Crippen MR) is 253 cm³/mol. The molecule has 0 heterocycles. The van der Waals surface area contributed by atoms with Crippen LogP contribution in [0.2, 0.25) is 0 Å². The van der Waals surface area contributed by atoms with Crippen LogP contribution in [0.3, 0.4) is 0 Å². The lowest BCUT2D eigenvalue weighted by atomic mass is 8.32. The molecule has 1 atom stereocenters. The standard InChI is InChI=1S/C13H20BN3O6.B29/c1-15-12(13(18)19)4-2-3-5-16-10-6-9(14(20)21)7-11(8-10)17(22)23;1-16-24(17(2)3)28(25(18(4)5)19(6)7)29(26(20(8)9)21(10)11)27(22(12)13)23(14)15/h6-8,12,15-16,20-21H,2-5H2,1H3,(H,18,19);. The molecule has 1 aromatic rings. The van der Waals surface area contributed by atoms with Gasteiger partial charge in [0.1, 0.15) is 6.04 Å². The van der Waals surface area contributed by atoms with Gasteiger partial charge in [0, 0.05) is 230 Å². The van der Waals surface area contributed by atoms with Crippen molar-refractivity contribution in [3.8, 4) is 0 Å². The minimum absolute atomic E-state index is 0.0304. The van der Waals surface area contributed by atoms with E-state index >= 15 is 0 Å². The molecule has 0 amide bonds. The molecule has 39 heteroatoms. The lowest BCUT2D eigenvalue weighted by Crippen LogP contribution is -2.87. The highest BCUT2D eigenvalue weighted by Gasteiger charge is 2.51. The number of nitro groups is 1. The molecule has 0 saturated heterocycles. The zero-order chi connectivity index (χ0) is 40.6. The largest absolute Gasteiger partial charge is 0.488 e. The van der Waals surface area contributed by atoms with E-state index in [1.54, 1.807) is 7.05 Å². The van der Waals surface area contributed by atoms with Crippen molar-refractivity contribution in [1.82, 2.24) is 5.32 Å². The zero-order valence-corrected chi connectivity index (χ0v) is 29.5. The Balaban J connectivity index is 0.00000103. The van der Waals surface area contributed by atoms with Gasteiger partial charge in [0.05, 0.1) is 4.92 Å². The molecule has 9 nitrogen and oxygen atoms in total. The third-order valence-electron chi connectivity index (χ3n) is 8.90. The number of nitrogens with zero attached hydrogens (tertiary/aromatic N) is 1. The first-order valence-electron chi connectivity index (χ1n) is 16.5. The number of non-ortho nitro benzene ring substituents is 1. The summed E-state index contributed by atoms with van der Waals surface area (Å²) in [7, 11) is 91.0. The Morgan fingerprint density at radius 1 is 0.750 bits per heavy atom. The minimum atomic E-state index is -1.79. The van der Waals surface area contributed by atoms with Gasteiger partial charge in [-0.15, -0.1) is 0 Å². The average molecular weight is 639 g/mol. The number of likely N-dealkylation sites (N-methyl/N-ethyl adjacent to an activating group) is 1. The molecule has 0 spiro atoms. The van der Waals surface area contributed by atoms with E-state index in [-0.39, 0.29) is 11.2 Å². The Hall–Kier alpha value is -0.282. The number of unbranched alkanes of at least 4 members (excludes halogenated alkanes) is 1. The van der Waals surface area contributed by atoms with Crippen LogP contribution in [0, 0.1) is 10.1 Å². The molecule has 31 radical (unpaired) electrons. The van der Waals surface area contributed by atoms with Crippen LogP contribution in [0.25, 0.3) is 0 Å². The van der Waals surface area contributed by atoms with Crippen molar-refractivity contribution in [2.75, 3.05) is 18.9 Å². The number of anilines is 1. The fraction of sp³-hybridized carbons (Fsp3) is 0.462. The molecular formula is C13H20B30N3O6.